The van der Waals surface area contributed by atoms with Crippen molar-refractivity contribution in [2.24, 2.45) is 5.92 Å². The number of aliphatic hydroxyl groups is 1. The molecule has 128 valence electrons. The van der Waals surface area contributed by atoms with Gasteiger partial charge in [-0.2, -0.15) is 0 Å². The van der Waals surface area contributed by atoms with Gasteiger partial charge in [0, 0.05) is 13.1 Å². The number of benzene rings is 1. The van der Waals surface area contributed by atoms with E-state index in [4.69, 9.17) is 4.74 Å². The fourth-order valence-electron chi connectivity index (χ4n) is 2.80. The van der Waals surface area contributed by atoms with E-state index >= 15 is 0 Å². The molecule has 3 N–H and O–H groups in total. The fourth-order valence-corrected chi connectivity index (χ4v) is 2.80. The highest BCUT2D eigenvalue weighted by molar-refractivity contribution is 5.73. The first-order valence-corrected chi connectivity index (χ1v) is 8.43. The van der Waals surface area contributed by atoms with Crippen molar-refractivity contribution in [1.82, 2.24) is 10.6 Å². The number of nitrogens with one attached hydrogen (secondary N) is 2. The molecular weight excluding hydrogens is 292 g/mol. The van der Waals surface area contributed by atoms with Crippen molar-refractivity contribution in [3.8, 4) is 0 Å². The van der Waals surface area contributed by atoms with Crippen LogP contribution in [0.5, 0.6) is 0 Å². The Kier molecular flexibility index (Phi) is 6.86. The highest BCUT2D eigenvalue weighted by Crippen LogP contribution is 2.28. The molecule has 5 heteroatoms. The van der Waals surface area contributed by atoms with E-state index in [1.54, 1.807) is 0 Å². The Labute approximate surface area is 138 Å². The van der Waals surface area contributed by atoms with Crippen LogP contribution in [0.3, 0.4) is 0 Å². The van der Waals surface area contributed by atoms with Gasteiger partial charge in [-0.05, 0) is 24.3 Å². The Morgan fingerprint density at radius 3 is 2.65 bits per heavy atom. The number of carbonyl (C=O) groups excluding carboxylic acids is 1. The smallest absolute Gasteiger partial charge is 0.314 e. The van der Waals surface area contributed by atoms with Crippen LogP contribution in [0.15, 0.2) is 30.3 Å². The summed E-state index contributed by atoms with van der Waals surface area (Å²) in [4.78, 5) is 11.8. The van der Waals surface area contributed by atoms with Crippen molar-refractivity contribution in [1.29, 1.82) is 0 Å². The number of ether oxygens (including phenoxy) is 1. The highest BCUT2D eigenvalue weighted by Gasteiger charge is 2.31. The molecule has 1 atom stereocenters. The van der Waals surface area contributed by atoms with Crippen LogP contribution in [0, 0.1) is 5.92 Å². The maximum Gasteiger partial charge on any atom is 0.314 e. The van der Waals surface area contributed by atoms with Crippen LogP contribution in [-0.2, 0) is 11.3 Å². The molecule has 1 aliphatic carbocycles. The summed E-state index contributed by atoms with van der Waals surface area (Å²) < 4.78 is 5.66. The summed E-state index contributed by atoms with van der Waals surface area (Å²) in [6, 6.07) is 9.81. The zero-order chi connectivity index (χ0) is 16.5. The average Bonchev–Trinajstić information content (AvgIpc) is 2.99. The molecular formula is C18H28N2O3. The SMILES string of the molecule is CC(CNC(=O)NCC1(O)CCCC1)COCc1ccccc1. The quantitative estimate of drug-likeness (QED) is 0.689. The molecule has 1 aromatic rings. The molecule has 1 aliphatic rings. The van der Waals surface area contributed by atoms with Crippen LogP contribution in [-0.4, -0.2) is 36.4 Å². The van der Waals surface area contributed by atoms with Crippen molar-refractivity contribution >= 4 is 6.03 Å². The first-order chi connectivity index (χ1) is 11.1. The second-order valence-electron chi connectivity index (χ2n) is 6.60. The van der Waals surface area contributed by atoms with E-state index in [9.17, 15) is 9.90 Å². The monoisotopic (exact) mass is 320 g/mol. The van der Waals surface area contributed by atoms with Gasteiger partial charge in [0.05, 0.1) is 18.8 Å². The van der Waals surface area contributed by atoms with Crippen LogP contribution < -0.4 is 10.6 Å². The molecule has 1 fully saturated rings. The summed E-state index contributed by atoms with van der Waals surface area (Å²) in [5, 5.41) is 15.8. The third-order valence-electron chi connectivity index (χ3n) is 4.24. The molecule has 0 spiro atoms. The maximum atomic E-state index is 11.8. The van der Waals surface area contributed by atoms with Gasteiger partial charge in [0.1, 0.15) is 0 Å². The molecule has 1 unspecified atom stereocenters. The van der Waals surface area contributed by atoms with Gasteiger partial charge in [0.25, 0.3) is 0 Å². The van der Waals surface area contributed by atoms with E-state index in [-0.39, 0.29) is 11.9 Å². The van der Waals surface area contributed by atoms with Gasteiger partial charge >= 0.3 is 6.03 Å². The second kappa shape index (κ2) is 8.89. The lowest BCUT2D eigenvalue weighted by Crippen LogP contribution is -2.46. The van der Waals surface area contributed by atoms with Crippen LogP contribution in [0.4, 0.5) is 4.79 Å². The standard InChI is InChI=1S/C18H28N2O3/c1-15(12-23-13-16-7-3-2-4-8-16)11-19-17(21)20-14-18(22)9-5-6-10-18/h2-4,7-8,15,22H,5-6,9-14H2,1H3,(H2,19,20,21). The zero-order valence-corrected chi connectivity index (χ0v) is 13.9. The molecule has 23 heavy (non-hydrogen) atoms. The van der Waals surface area contributed by atoms with Gasteiger partial charge in [0.2, 0.25) is 0 Å². The first kappa shape index (κ1) is 17.8. The van der Waals surface area contributed by atoms with Gasteiger partial charge in [-0.1, -0.05) is 50.1 Å². The molecule has 0 aliphatic heterocycles. The molecule has 1 aromatic carbocycles. The van der Waals surface area contributed by atoms with E-state index in [1.165, 1.54) is 0 Å². The largest absolute Gasteiger partial charge is 0.388 e. The number of hydrogen-bond donors (Lipinski definition) is 3. The van der Waals surface area contributed by atoms with Crippen molar-refractivity contribution < 1.29 is 14.6 Å². The molecule has 0 saturated heterocycles. The van der Waals surface area contributed by atoms with Crippen molar-refractivity contribution in [2.45, 2.75) is 44.8 Å². The van der Waals surface area contributed by atoms with E-state index in [0.717, 1.165) is 31.2 Å². The molecule has 0 heterocycles. The highest BCUT2D eigenvalue weighted by atomic mass is 16.5. The number of carbonyl (C=O) groups is 1. The van der Waals surface area contributed by atoms with E-state index in [1.807, 2.05) is 37.3 Å². The zero-order valence-electron chi connectivity index (χ0n) is 13.9. The van der Waals surface area contributed by atoms with Gasteiger partial charge in [0.15, 0.2) is 0 Å². The van der Waals surface area contributed by atoms with Gasteiger partial charge in [-0.25, -0.2) is 4.79 Å². The minimum absolute atomic E-state index is 0.222. The number of urea groups is 1. The molecule has 0 bridgehead atoms. The van der Waals surface area contributed by atoms with Gasteiger partial charge < -0.3 is 20.5 Å². The van der Waals surface area contributed by atoms with E-state index in [2.05, 4.69) is 10.6 Å². The molecule has 2 rings (SSSR count). The van der Waals surface area contributed by atoms with E-state index < -0.39 is 5.60 Å². The number of amides is 2. The predicted molar refractivity (Wildman–Crippen MR) is 90.1 cm³/mol. The van der Waals surface area contributed by atoms with E-state index in [0.29, 0.717) is 26.3 Å². The number of hydrogen-bond acceptors (Lipinski definition) is 3. The third kappa shape index (κ3) is 6.59. The van der Waals surface area contributed by atoms with Gasteiger partial charge in [-0.3, -0.25) is 0 Å². The summed E-state index contributed by atoms with van der Waals surface area (Å²) >= 11 is 0. The minimum Gasteiger partial charge on any atom is -0.388 e. The second-order valence-corrected chi connectivity index (χ2v) is 6.60. The maximum absolute atomic E-state index is 11.8. The van der Waals surface area contributed by atoms with Crippen LogP contribution in [0.1, 0.15) is 38.2 Å². The number of rotatable bonds is 8. The predicted octanol–water partition coefficient (Wildman–Crippen LogP) is 2.44. The first-order valence-electron chi connectivity index (χ1n) is 8.43. The lowest BCUT2D eigenvalue weighted by molar-refractivity contribution is 0.0499. The summed E-state index contributed by atoms with van der Waals surface area (Å²) in [7, 11) is 0. The molecule has 0 radical (unpaired) electrons. The van der Waals surface area contributed by atoms with Crippen LogP contribution in [0.25, 0.3) is 0 Å². The Bertz CT molecular complexity index is 472. The summed E-state index contributed by atoms with van der Waals surface area (Å²) in [6.45, 7) is 4.11. The fraction of sp³-hybridized carbons (Fsp3) is 0.611. The molecule has 2 amide bonds. The molecule has 1 saturated carbocycles. The summed E-state index contributed by atoms with van der Waals surface area (Å²) in [6.07, 6.45) is 3.62. The molecule has 5 nitrogen and oxygen atoms in total. The Morgan fingerprint density at radius 1 is 1.26 bits per heavy atom. The Balaban J connectivity index is 1.54. The third-order valence-corrected chi connectivity index (χ3v) is 4.24. The lowest BCUT2D eigenvalue weighted by Gasteiger charge is -2.22. The molecule has 0 aromatic heterocycles. The van der Waals surface area contributed by atoms with Crippen LogP contribution in [0.2, 0.25) is 0 Å². The average molecular weight is 320 g/mol. The van der Waals surface area contributed by atoms with Crippen molar-refractivity contribution in [2.75, 3.05) is 19.7 Å². The lowest BCUT2D eigenvalue weighted by atomic mass is 10.0. The summed E-state index contributed by atoms with van der Waals surface area (Å²) in [5.74, 6) is 0.235. The Morgan fingerprint density at radius 2 is 1.96 bits per heavy atom. The topological polar surface area (TPSA) is 70.6 Å². The summed E-state index contributed by atoms with van der Waals surface area (Å²) in [5.41, 5.74) is 0.442. The van der Waals surface area contributed by atoms with Crippen LogP contribution >= 0.6 is 0 Å². The van der Waals surface area contributed by atoms with Crippen molar-refractivity contribution in [3.05, 3.63) is 35.9 Å². The Hall–Kier alpha value is -1.59. The van der Waals surface area contributed by atoms with Crippen molar-refractivity contribution in [3.63, 3.8) is 0 Å². The minimum atomic E-state index is -0.707. The van der Waals surface area contributed by atoms with Gasteiger partial charge in [-0.15, -0.1) is 0 Å². The normalized spacial score (nSPS) is 17.7.